The maximum Gasteiger partial charge on any atom is 0.558 e. The third kappa shape index (κ3) is 1.67. The van der Waals surface area contributed by atoms with E-state index < -0.39 is 7.12 Å². The summed E-state index contributed by atoms with van der Waals surface area (Å²) >= 11 is 0. The average Bonchev–Trinajstić information content (AvgIpc) is 2.50. The van der Waals surface area contributed by atoms with Crippen molar-refractivity contribution in [1.82, 2.24) is 0 Å². The van der Waals surface area contributed by atoms with Crippen LogP contribution in [0.3, 0.4) is 0 Å². The second kappa shape index (κ2) is 3.33. The highest BCUT2D eigenvalue weighted by molar-refractivity contribution is 6.58. The summed E-state index contributed by atoms with van der Waals surface area (Å²) in [7, 11) is -1.54. The molecule has 1 heterocycles. The normalized spacial score (nSPS) is 9.64. The van der Waals surface area contributed by atoms with Gasteiger partial charge in [0, 0.05) is 0 Å². The lowest BCUT2D eigenvalue weighted by molar-refractivity contribution is -0.155. The highest BCUT2D eigenvalue weighted by atomic mass is 17.1. The van der Waals surface area contributed by atoms with Crippen LogP contribution in [0.25, 0.3) is 0 Å². The van der Waals surface area contributed by atoms with Gasteiger partial charge in [-0.15, -0.1) is 0 Å². The maximum atomic E-state index is 10.1. The quantitative estimate of drug-likeness (QED) is 0.261. The van der Waals surface area contributed by atoms with Crippen molar-refractivity contribution in [1.29, 1.82) is 0 Å². The van der Waals surface area contributed by atoms with Crippen LogP contribution in [0.1, 0.15) is 10.6 Å². The van der Waals surface area contributed by atoms with Crippen LogP contribution in [0.2, 0.25) is 0 Å². The molecule has 1 aromatic rings. The predicted octanol–water partition coefficient (Wildman–Crippen LogP) is -0.731. The second-order valence-corrected chi connectivity index (χ2v) is 1.82. The van der Waals surface area contributed by atoms with Crippen molar-refractivity contribution in [3.63, 3.8) is 0 Å². The Morgan fingerprint density at radius 3 is 2.82 bits per heavy atom. The summed E-state index contributed by atoms with van der Waals surface area (Å²) in [6.07, 6.45) is 0.480. The molecule has 0 aliphatic rings. The van der Waals surface area contributed by atoms with Gasteiger partial charge in [-0.2, -0.15) is 0 Å². The first kappa shape index (κ1) is 8.00. The molecule has 0 spiro atoms. The monoisotopic (exact) mass is 156 g/mol. The highest BCUT2D eigenvalue weighted by Crippen LogP contribution is 1.94. The average molecular weight is 156 g/mol. The van der Waals surface area contributed by atoms with Gasteiger partial charge in [0.05, 0.1) is 0 Å². The van der Waals surface area contributed by atoms with Crippen molar-refractivity contribution < 1.29 is 24.3 Å². The van der Waals surface area contributed by atoms with E-state index in [0.717, 1.165) is 0 Å². The van der Waals surface area contributed by atoms with Gasteiger partial charge in [-0.05, 0) is 12.1 Å². The minimum absolute atomic E-state index is 0.0189. The molecule has 58 valence electrons. The fourth-order valence-electron chi connectivity index (χ4n) is 0.616. The number of aldehydes is 1. The minimum atomic E-state index is -1.54. The van der Waals surface area contributed by atoms with E-state index in [0.29, 0.717) is 6.29 Å². The van der Waals surface area contributed by atoms with Crippen molar-refractivity contribution >= 4 is 19.1 Å². The van der Waals surface area contributed by atoms with Crippen LogP contribution in [0.4, 0.5) is 0 Å². The smallest absolute Gasteiger partial charge is 0.462 e. The van der Waals surface area contributed by atoms with Crippen LogP contribution in [-0.2, 0) is 4.81 Å². The summed E-state index contributed by atoms with van der Waals surface area (Å²) in [5.74, 6) is 0.0658. The van der Waals surface area contributed by atoms with E-state index in [2.05, 4.69) is 9.22 Å². The van der Waals surface area contributed by atoms with Gasteiger partial charge in [0.15, 0.2) is 12.0 Å². The molecule has 0 atom stereocenters. The molecular weight excluding hydrogens is 151 g/mol. The number of hydrogen-bond acceptors (Lipinski definition) is 5. The Labute approximate surface area is 62.3 Å². The molecular formula is C5H5BO5. The summed E-state index contributed by atoms with van der Waals surface area (Å²) in [6, 6.07) is 2.68. The Hall–Kier alpha value is -1.11. The Morgan fingerprint density at radius 1 is 1.64 bits per heavy atom. The first-order valence-electron chi connectivity index (χ1n) is 2.81. The minimum Gasteiger partial charge on any atom is -0.462 e. The first-order chi connectivity index (χ1) is 5.27. The second-order valence-electron chi connectivity index (χ2n) is 1.82. The van der Waals surface area contributed by atoms with Gasteiger partial charge in [0.1, 0.15) is 5.66 Å². The molecule has 0 aromatic carbocycles. The third-order valence-corrected chi connectivity index (χ3v) is 1.11. The van der Waals surface area contributed by atoms with Gasteiger partial charge in [-0.25, -0.2) is 0 Å². The molecule has 0 bridgehead atoms. The van der Waals surface area contributed by atoms with Gasteiger partial charge in [-0.1, -0.05) is 0 Å². The van der Waals surface area contributed by atoms with E-state index in [4.69, 9.17) is 10.3 Å². The molecule has 0 aliphatic heterocycles. The molecule has 1 aromatic heterocycles. The molecule has 5 nitrogen and oxygen atoms in total. The highest BCUT2D eigenvalue weighted by Gasteiger charge is 2.20. The number of furan rings is 1. The third-order valence-electron chi connectivity index (χ3n) is 1.11. The molecule has 0 aliphatic carbocycles. The van der Waals surface area contributed by atoms with Gasteiger partial charge in [-0.3, -0.25) is 14.9 Å². The maximum absolute atomic E-state index is 10.1. The van der Waals surface area contributed by atoms with Gasteiger partial charge >= 0.3 is 7.12 Å². The van der Waals surface area contributed by atoms with E-state index in [9.17, 15) is 4.79 Å². The van der Waals surface area contributed by atoms with Crippen molar-refractivity contribution in [3.8, 4) is 0 Å². The number of hydrogen-bond donors (Lipinski definition) is 2. The Morgan fingerprint density at radius 2 is 2.36 bits per heavy atom. The molecule has 0 unspecified atom stereocenters. The standard InChI is InChI=1S/C5H5BO5/c7-3-4-1-2-5(10-4)6(8)11-9/h1-3,8-9H. The van der Waals surface area contributed by atoms with Crippen molar-refractivity contribution in [2.45, 2.75) is 0 Å². The van der Waals surface area contributed by atoms with Crippen molar-refractivity contribution in [3.05, 3.63) is 17.9 Å². The summed E-state index contributed by atoms with van der Waals surface area (Å²) in [4.78, 5) is 13.6. The van der Waals surface area contributed by atoms with Crippen LogP contribution in [0.5, 0.6) is 0 Å². The molecule has 2 N–H and O–H groups in total. The van der Waals surface area contributed by atoms with E-state index in [1.54, 1.807) is 0 Å². The Balaban J connectivity index is 2.79. The SMILES string of the molecule is O=Cc1ccc(B(O)OO)o1. The number of rotatable bonds is 3. The zero-order valence-electron chi connectivity index (χ0n) is 5.43. The van der Waals surface area contributed by atoms with Crippen LogP contribution >= 0.6 is 0 Å². The summed E-state index contributed by atoms with van der Waals surface area (Å²) in [5, 5.41) is 16.7. The molecule has 0 fully saturated rings. The van der Waals surface area contributed by atoms with Gasteiger partial charge in [0.25, 0.3) is 0 Å². The lowest BCUT2D eigenvalue weighted by Gasteiger charge is -1.94. The molecule has 11 heavy (non-hydrogen) atoms. The predicted molar refractivity (Wildman–Crippen MR) is 35.4 cm³/mol. The summed E-state index contributed by atoms with van der Waals surface area (Å²) in [6.45, 7) is 0. The summed E-state index contributed by atoms with van der Waals surface area (Å²) in [5.41, 5.74) is -0.0189. The van der Waals surface area contributed by atoms with Crippen LogP contribution in [-0.4, -0.2) is 23.7 Å². The van der Waals surface area contributed by atoms with Gasteiger partial charge in [0.2, 0.25) is 0 Å². The van der Waals surface area contributed by atoms with E-state index in [-0.39, 0.29) is 11.4 Å². The fraction of sp³-hybridized carbons (Fsp3) is 0. The van der Waals surface area contributed by atoms with Gasteiger partial charge < -0.3 is 9.44 Å². The molecule has 1 rings (SSSR count). The largest absolute Gasteiger partial charge is 0.558 e. The Bertz CT molecular complexity index is 245. The lowest BCUT2D eigenvalue weighted by atomic mass is 9.88. The number of carbonyl (C=O) groups is 1. The van der Waals surface area contributed by atoms with E-state index in [1.165, 1.54) is 12.1 Å². The first-order valence-corrected chi connectivity index (χ1v) is 2.81. The van der Waals surface area contributed by atoms with Crippen LogP contribution < -0.4 is 5.66 Å². The van der Waals surface area contributed by atoms with Crippen LogP contribution in [0, 0.1) is 0 Å². The van der Waals surface area contributed by atoms with E-state index in [1.807, 2.05) is 0 Å². The number of carbonyl (C=O) groups excluding carboxylic acids is 1. The topological polar surface area (TPSA) is 79.9 Å². The van der Waals surface area contributed by atoms with Crippen molar-refractivity contribution in [2.75, 3.05) is 0 Å². The molecule has 0 saturated carbocycles. The zero-order chi connectivity index (χ0) is 8.27. The van der Waals surface area contributed by atoms with Crippen molar-refractivity contribution in [2.24, 2.45) is 0 Å². The van der Waals surface area contributed by atoms with Crippen LogP contribution in [0.15, 0.2) is 16.5 Å². The fourth-order valence-corrected chi connectivity index (χ4v) is 0.616. The Kier molecular flexibility index (Phi) is 2.42. The molecule has 0 radical (unpaired) electrons. The zero-order valence-corrected chi connectivity index (χ0v) is 5.43. The van der Waals surface area contributed by atoms with E-state index >= 15 is 0 Å². The molecule has 0 amide bonds. The molecule has 0 saturated heterocycles. The lowest BCUT2D eigenvalue weighted by Crippen LogP contribution is -2.31. The molecule has 6 heteroatoms. The summed E-state index contributed by atoms with van der Waals surface area (Å²) < 4.78 is 4.68.